The van der Waals surface area contributed by atoms with Gasteiger partial charge in [-0.05, 0) is 44.1 Å². The normalized spacial score (nSPS) is 41.3. The van der Waals surface area contributed by atoms with Crippen LogP contribution in [0.4, 0.5) is 0 Å². The van der Waals surface area contributed by atoms with Gasteiger partial charge in [-0.1, -0.05) is 12.1 Å². The average molecular weight is 298 g/mol. The minimum Gasteiger partial charge on any atom is -0.504 e. The first-order valence-corrected chi connectivity index (χ1v) is 7.73. The van der Waals surface area contributed by atoms with E-state index in [0.717, 1.165) is 30.5 Å². The Balaban J connectivity index is 1.91. The quantitative estimate of drug-likeness (QED) is 0.729. The molecule has 0 amide bonds. The average Bonchev–Trinajstić information content (AvgIpc) is 2.85. The van der Waals surface area contributed by atoms with Crippen molar-refractivity contribution < 1.29 is 14.6 Å². The zero-order valence-corrected chi connectivity index (χ0v) is 12.4. The zero-order valence-electron chi connectivity index (χ0n) is 12.4. The highest BCUT2D eigenvalue weighted by molar-refractivity contribution is 5.99. The Morgan fingerprint density at radius 1 is 1.45 bits per heavy atom. The third-order valence-electron chi connectivity index (χ3n) is 6.26. The molecule has 0 aromatic heterocycles. The number of piperidine rings is 1. The Hall–Kier alpha value is -1.85. The first-order chi connectivity index (χ1) is 10.5. The van der Waals surface area contributed by atoms with Gasteiger partial charge in [-0.3, -0.25) is 4.79 Å². The molecule has 1 unspecified atom stereocenters. The Morgan fingerprint density at radius 3 is 3.09 bits per heavy atom. The lowest BCUT2D eigenvalue weighted by molar-refractivity contribution is -0.128. The first-order valence-electron chi connectivity index (χ1n) is 7.73. The van der Waals surface area contributed by atoms with Crippen molar-refractivity contribution in [2.24, 2.45) is 5.73 Å². The monoisotopic (exact) mass is 298 g/mol. The number of ketones is 1. The van der Waals surface area contributed by atoms with Crippen molar-refractivity contribution in [2.75, 3.05) is 13.6 Å². The van der Waals surface area contributed by atoms with Crippen LogP contribution in [0.3, 0.4) is 0 Å². The number of phenols is 1. The van der Waals surface area contributed by atoms with Crippen molar-refractivity contribution in [3.05, 3.63) is 35.4 Å². The van der Waals surface area contributed by atoms with Crippen LogP contribution in [0.25, 0.3) is 0 Å². The van der Waals surface area contributed by atoms with E-state index in [2.05, 4.69) is 11.9 Å². The number of hydrogen-bond donors (Lipinski definition) is 2. The molecular formula is C17H18N2O3. The SMILES string of the molecule is CN1CC[C@]23c4c5ccc(O)c4O[C@H]2C(=O)C=CC3(N)[C@H]1C5. The molecule has 1 saturated heterocycles. The summed E-state index contributed by atoms with van der Waals surface area (Å²) in [6.07, 6.45) is 4.42. The van der Waals surface area contributed by atoms with Gasteiger partial charge in [0.2, 0.25) is 0 Å². The second-order valence-electron chi connectivity index (χ2n) is 7.04. The van der Waals surface area contributed by atoms with Crippen LogP contribution in [0.2, 0.25) is 0 Å². The Bertz CT molecular complexity index is 759. The van der Waals surface area contributed by atoms with Crippen LogP contribution in [0.5, 0.6) is 11.5 Å². The molecule has 5 nitrogen and oxygen atoms in total. The molecule has 3 N–H and O–H groups in total. The van der Waals surface area contributed by atoms with E-state index < -0.39 is 17.1 Å². The van der Waals surface area contributed by atoms with Gasteiger partial charge in [0.25, 0.3) is 0 Å². The fraction of sp³-hybridized carbons (Fsp3) is 0.471. The molecule has 2 heterocycles. The van der Waals surface area contributed by atoms with Gasteiger partial charge in [-0.15, -0.1) is 0 Å². The van der Waals surface area contributed by atoms with Crippen LogP contribution in [-0.2, 0) is 16.6 Å². The van der Waals surface area contributed by atoms with Crippen molar-refractivity contribution in [1.29, 1.82) is 0 Å². The van der Waals surface area contributed by atoms with E-state index in [1.807, 2.05) is 12.1 Å². The maximum absolute atomic E-state index is 12.5. The lowest BCUT2D eigenvalue weighted by Gasteiger charge is -2.61. The maximum Gasteiger partial charge on any atom is 0.196 e. The topological polar surface area (TPSA) is 75.8 Å². The predicted molar refractivity (Wildman–Crippen MR) is 80.0 cm³/mol. The summed E-state index contributed by atoms with van der Waals surface area (Å²) in [6.45, 7) is 0.874. The van der Waals surface area contributed by atoms with Crippen molar-refractivity contribution in [3.63, 3.8) is 0 Å². The zero-order chi connectivity index (χ0) is 15.3. The van der Waals surface area contributed by atoms with Crippen LogP contribution in [0.15, 0.2) is 24.3 Å². The van der Waals surface area contributed by atoms with Crippen molar-refractivity contribution in [2.45, 2.75) is 35.9 Å². The summed E-state index contributed by atoms with van der Waals surface area (Å²) in [5, 5.41) is 10.2. The van der Waals surface area contributed by atoms with E-state index >= 15 is 0 Å². The lowest BCUT2D eigenvalue weighted by atomic mass is 9.49. The number of benzene rings is 1. The summed E-state index contributed by atoms with van der Waals surface area (Å²) in [4.78, 5) is 14.8. The molecule has 2 aliphatic carbocycles. The van der Waals surface area contributed by atoms with Gasteiger partial charge >= 0.3 is 0 Å². The van der Waals surface area contributed by atoms with Crippen LogP contribution >= 0.6 is 0 Å². The number of rotatable bonds is 0. The number of carbonyl (C=O) groups is 1. The van der Waals surface area contributed by atoms with Gasteiger partial charge in [-0.25, -0.2) is 0 Å². The third-order valence-corrected chi connectivity index (χ3v) is 6.26. The highest BCUT2D eigenvalue weighted by atomic mass is 16.5. The minimum absolute atomic E-state index is 0.0483. The summed E-state index contributed by atoms with van der Waals surface area (Å²) >= 11 is 0. The summed E-state index contributed by atoms with van der Waals surface area (Å²) in [7, 11) is 2.09. The molecular weight excluding hydrogens is 280 g/mol. The molecule has 4 atom stereocenters. The highest BCUT2D eigenvalue weighted by Crippen LogP contribution is 2.62. The molecule has 1 aromatic rings. The van der Waals surface area contributed by atoms with Crippen molar-refractivity contribution in [3.8, 4) is 11.5 Å². The molecule has 5 rings (SSSR count). The molecule has 1 aromatic carbocycles. The van der Waals surface area contributed by atoms with E-state index in [1.54, 1.807) is 12.1 Å². The van der Waals surface area contributed by atoms with E-state index in [-0.39, 0.29) is 17.6 Å². The Morgan fingerprint density at radius 2 is 2.27 bits per heavy atom. The summed E-state index contributed by atoms with van der Waals surface area (Å²) in [6, 6.07) is 3.76. The molecule has 2 bridgehead atoms. The number of likely N-dealkylation sites (N-methyl/N-ethyl adjacent to an activating group) is 1. The first kappa shape index (κ1) is 12.7. The standard InChI is InChI=1S/C17H18N2O3/c1-19-7-6-16-13-9-2-3-10(20)14(13)22-15(16)11(21)4-5-17(16,18)12(19)8-9/h2-5,12,15,20H,6-8,18H2,1H3/t12-,15+,16+,17?/m1/s1. The van der Waals surface area contributed by atoms with Crippen molar-refractivity contribution in [1.82, 2.24) is 4.90 Å². The fourth-order valence-corrected chi connectivity index (χ4v) is 5.23. The van der Waals surface area contributed by atoms with E-state index in [4.69, 9.17) is 10.5 Å². The number of hydrogen-bond acceptors (Lipinski definition) is 5. The summed E-state index contributed by atoms with van der Waals surface area (Å²) in [5.74, 6) is 0.528. The number of ether oxygens (including phenoxy) is 1. The van der Waals surface area contributed by atoms with Crippen molar-refractivity contribution >= 4 is 5.78 Å². The number of phenolic OH excluding ortho intramolecular Hbond substituents is 1. The van der Waals surface area contributed by atoms with E-state index in [1.165, 1.54) is 0 Å². The second-order valence-corrected chi connectivity index (χ2v) is 7.04. The van der Waals surface area contributed by atoms with Crippen LogP contribution in [-0.4, -0.2) is 47.1 Å². The van der Waals surface area contributed by atoms with Crippen LogP contribution in [0, 0.1) is 0 Å². The lowest BCUT2D eigenvalue weighted by Crippen LogP contribution is -2.78. The smallest absolute Gasteiger partial charge is 0.196 e. The van der Waals surface area contributed by atoms with Crippen LogP contribution < -0.4 is 10.5 Å². The number of likely N-dealkylation sites (tertiary alicyclic amines) is 1. The number of aromatic hydroxyl groups is 1. The molecule has 1 spiro atoms. The van der Waals surface area contributed by atoms with Gasteiger partial charge in [0.1, 0.15) is 0 Å². The maximum atomic E-state index is 12.5. The van der Waals surface area contributed by atoms with Crippen LogP contribution in [0.1, 0.15) is 17.5 Å². The Kier molecular flexibility index (Phi) is 2.04. The third kappa shape index (κ3) is 1.08. The molecule has 0 radical (unpaired) electrons. The molecule has 1 fully saturated rings. The highest BCUT2D eigenvalue weighted by Gasteiger charge is 2.70. The van der Waals surface area contributed by atoms with Gasteiger partial charge < -0.3 is 20.5 Å². The molecule has 5 heteroatoms. The van der Waals surface area contributed by atoms with E-state index in [0.29, 0.717) is 5.75 Å². The number of carbonyl (C=O) groups excluding carboxylic acids is 1. The second kappa shape index (κ2) is 3.55. The molecule has 2 aliphatic heterocycles. The fourth-order valence-electron chi connectivity index (χ4n) is 5.23. The largest absolute Gasteiger partial charge is 0.504 e. The van der Waals surface area contributed by atoms with Gasteiger partial charge in [0.05, 0.1) is 11.0 Å². The number of nitrogens with two attached hydrogens (primary N) is 1. The summed E-state index contributed by atoms with van der Waals surface area (Å²) < 4.78 is 5.97. The van der Waals surface area contributed by atoms with Gasteiger partial charge in [0.15, 0.2) is 23.4 Å². The predicted octanol–water partition coefficient (Wildman–Crippen LogP) is 0.488. The number of nitrogens with zero attached hydrogens (tertiary/aromatic N) is 1. The minimum atomic E-state index is -0.634. The molecule has 114 valence electrons. The molecule has 0 saturated carbocycles. The van der Waals surface area contributed by atoms with E-state index in [9.17, 15) is 9.90 Å². The van der Waals surface area contributed by atoms with Gasteiger partial charge in [-0.2, -0.15) is 0 Å². The molecule has 4 aliphatic rings. The summed E-state index contributed by atoms with van der Waals surface area (Å²) in [5.41, 5.74) is 7.85. The Labute approximate surface area is 128 Å². The van der Waals surface area contributed by atoms with Gasteiger partial charge in [0, 0.05) is 11.6 Å². The molecule has 22 heavy (non-hydrogen) atoms.